The summed E-state index contributed by atoms with van der Waals surface area (Å²) in [4.78, 5) is 16.1. The Morgan fingerprint density at radius 1 is 1.22 bits per heavy atom. The number of hydrogen-bond donors (Lipinski definition) is 2. The Kier molecular flexibility index (Phi) is 7.43. The van der Waals surface area contributed by atoms with E-state index in [1.807, 2.05) is 41.9 Å². The van der Waals surface area contributed by atoms with Crippen LogP contribution >= 0.6 is 0 Å². The molecule has 0 aliphatic carbocycles. The lowest BCUT2D eigenvalue weighted by Crippen LogP contribution is -2.47. The van der Waals surface area contributed by atoms with Gasteiger partial charge in [0, 0.05) is 37.6 Å². The minimum Gasteiger partial charge on any atom is -0.351 e. The van der Waals surface area contributed by atoms with Crippen molar-refractivity contribution in [3.8, 4) is 0 Å². The van der Waals surface area contributed by atoms with Crippen LogP contribution in [0.3, 0.4) is 0 Å². The van der Waals surface area contributed by atoms with Gasteiger partial charge < -0.3 is 20.9 Å². The van der Waals surface area contributed by atoms with Crippen LogP contribution in [0.4, 0.5) is 0 Å². The Balaban J connectivity index is 4.20. The molecule has 18 heavy (non-hydrogen) atoms. The molecule has 0 aliphatic heterocycles. The molecule has 0 spiro atoms. The number of amides is 1. The first kappa shape index (κ1) is 17.4. The SMILES string of the molecule is CN(C)CCN(C)C(CN)CC(=O)NC(C)(C)C. The standard InChI is InChI=1S/C13H30N4O/c1-13(2,3)15-12(18)9-11(10-14)17(6)8-7-16(4)5/h11H,7-10,14H2,1-6H3,(H,15,18). The highest BCUT2D eigenvalue weighted by molar-refractivity contribution is 5.77. The van der Waals surface area contributed by atoms with E-state index >= 15 is 0 Å². The molecule has 108 valence electrons. The van der Waals surface area contributed by atoms with E-state index in [0.29, 0.717) is 13.0 Å². The van der Waals surface area contributed by atoms with Crippen LogP contribution in [0.15, 0.2) is 0 Å². The van der Waals surface area contributed by atoms with Crippen LogP contribution in [-0.4, -0.2) is 68.1 Å². The number of likely N-dealkylation sites (N-methyl/N-ethyl adjacent to an activating group) is 2. The zero-order chi connectivity index (χ0) is 14.3. The van der Waals surface area contributed by atoms with Crippen molar-refractivity contribution in [2.45, 2.75) is 38.8 Å². The molecule has 1 unspecified atom stereocenters. The van der Waals surface area contributed by atoms with E-state index in [2.05, 4.69) is 15.1 Å². The van der Waals surface area contributed by atoms with E-state index in [-0.39, 0.29) is 17.5 Å². The zero-order valence-corrected chi connectivity index (χ0v) is 12.8. The van der Waals surface area contributed by atoms with E-state index in [4.69, 9.17) is 5.73 Å². The van der Waals surface area contributed by atoms with Gasteiger partial charge in [0.15, 0.2) is 0 Å². The Morgan fingerprint density at radius 3 is 2.17 bits per heavy atom. The molecule has 5 nitrogen and oxygen atoms in total. The first-order valence-electron chi connectivity index (χ1n) is 6.51. The van der Waals surface area contributed by atoms with Gasteiger partial charge in [0.2, 0.25) is 5.91 Å². The third-order valence-electron chi connectivity index (χ3n) is 2.73. The molecule has 0 aliphatic rings. The minimum absolute atomic E-state index is 0.0645. The van der Waals surface area contributed by atoms with Gasteiger partial charge in [-0.05, 0) is 41.9 Å². The van der Waals surface area contributed by atoms with E-state index in [0.717, 1.165) is 13.1 Å². The summed E-state index contributed by atoms with van der Waals surface area (Å²) in [7, 11) is 6.10. The summed E-state index contributed by atoms with van der Waals surface area (Å²) in [5, 5.41) is 2.97. The van der Waals surface area contributed by atoms with Crippen molar-refractivity contribution in [2.24, 2.45) is 5.73 Å². The number of hydrogen-bond acceptors (Lipinski definition) is 4. The fourth-order valence-electron chi connectivity index (χ4n) is 1.64. The lowest BCUT2D eigenvalue weighted by molar-refractivity contribution is -0.123. The van der Waals surface area contributed by atoms with E-state index in [1.54, 1.807) is 0 Å². The largest absolute Gasteiger partial charge is 0.351 e. The predicted molar refractivity (Wildman–Crippen MR) is 76.5 cm³/mol. The average Bonchev–Trinajstić information content (AvgIpc) is 2.19. The van der Waals surface area contributed by atoms with Gasteiger partial charge in [-0.1, -0.05) is 0 Å². The maximum atomic E-state index is 11.9. The number of rotatable bonds is 7. The van der Waals surface area contributed by atoms with Crippen LogP contribution in [0, 0.1) is 0 Å². The van der Waals surface area contributed by atoms with E-state index in [1.165, 1.54) is 0 Å². The van der Waals surface area contributed by atoms with E-state index < -0.39 is 0 Å². The summed E-state index contributed by atoms with van der Waals surface area (Å²) >= 11 is 0. The third-order valence-corrected chi connectivity index (χ3v) is 2.73. The molecule has 0 bridgehead atoms. The smallest absolute Gasteiger partial charge is 0.222 e. The third kappa shape index (κ3) is 8.44. The van der Waals surface area contributed by atoms with Crippen molar-refractivity contribution in [3.05, 3.63) is 0 Å². The molecule has 0 aromatic carbocycles. The van der Waals surface area contributed by atoms with Gasteiger partial charge in [-0.3, -0.25) is 4.79 Å². The van der Waals surface area contributed by atoms with Crippen LogP contribution in [0.25, 0.3) is 0 Å². The van der Waals surface area contributed by atoms with Gasteiger partial charge in [-0.25, -0.2) is 0 Å². The van der Waals surface area contributed by atoms with Crippen LogP contribution in [0.5, 0.6) is 0 Å². The van der Waals surface area contributed by atoms with Gasteiger partial charge in [0.1, 0.15) is 0 Å². The molecular weight excluding hydrogens is 228 g/mol. The lowest BCUT2D eigenvalue weighted by atomic mass is 10.1. The molecule has 1 atom stereocenters. The highest BCUT2D eigenvalue weighted by atomic mass is 16.1. The minimum atomic E-state index is -0.182. The molecule has 1 amide bonds. The lowest BCUT2D eigenvalue weighted by Gasteiger charge is -2.29. The highest BCUT2D eigenvalue weighted by Gasteiger charge is 2.20. The molecule has 0 aromatic heterocycles. The maximum Gasteiger partial charge on any atom is 0.222 e. The second-order valence-electron chi connectivity index (χ2n) is 6.18. The quantitative estimate of drug-likeness (QED) is 0.680. The summed E-state index contributed by atoms with van der Waals surface area (Å²) in [6.45, 7) is 8.33. The summed E-state index contributed by atoms with van der Waals surface area (Å²) in [5.74, 6) is 0.0645. The molecule has 0 radical (unpaired) electrons. The summed E-state index contributed by atoms with van der Waals surface area (Å²) in [5.41, 5.74) is 5.57. The van der Waals surface area contributed by atoms with Crippen molar-refractivity contribution in [1.29, 1.82) is 0 Å². The zero-order valence-electron chi connectivity index (χ0n) is 12.8. The number of nitrogens with zero attached hydrogens (tertiary/aromatic N) is 2. The normalized spacial score (nSPS) is 14.1. The fraction of sp³-hybridized carbons (Fsp3) is 0.923. The summed E-state index contributed by atoms with van der Waals surface area (Å²) in [6.07, 6.45) is 0.456. The Morgan fingerprint density at radius 2 is 1.78 bits per heavy atom. The molecule has 0 heterocycles. The van der Waals surface area contributed by atoms with Crippen LogP contribution < -0.4 is 11.1 Å². The van der Waals surface area contributed by atoms with Gasteiger partial charge in [0.05, 0.1) is 0 Å². The first-order chi connectivity index (χ1) is 8.15. The number of nitrogens with one attached hydrogen (secondary N) is 1. The van der Waals surface area contributed by atoms with Crippen molar-refractivity contribution in [3.63, 3.8) is 0 Å². The molecular formula is C13H30N4O. The molecule has 0 rings (SSSR count). The van der Waals surface area contributed by atoms with Gasteiger partial charge in [-0.2, -0.15) is 0 Å². The second kappa shape index (κ2) is 7.71. The predicted octanol–water partition coefficient (Wildman–Crippen LogP) is 0.112. The van der Waals surface area contributed by atoms with Crippen molar-refractivity contribution < 1.29 is 4.79 Å². The van der Waals surface area contributed by atoms with Crippen molar-refractivity contribution in [2.75, 3.05) is 40.8 Å². The first-order valence-corrected chi connectivity index (χ1v) is 6.51. The molecule has 0 saturated heterocycles. The fourth-order valence-corrected chi connectivity index (χ4v) is 1.64. The van der Waals surface area contributed by atoms with Gasteiger partial charge in [0.25, 0.3) is 0 Å². The topological polar surface area (TPSA) is 61.6 Å². The van der Waals surface area contributed by atoms with Crippen LogP contribution in [0.2, 0.25) is 0 Å². The maximum absolute atomic E-state index is 11.9. The Hall–Kier alpha value is -0.650. The number of carbonyl (C=O) groups is 1. The molecule has 0 saturated carbocycles. The summed E-state index contributed by atoms with van der Waals surface area (Å²) < 4.78 is 0. The molecule has 5 heteroatoms. The monoisotopic (exact) mass is 258 g/mol. The number of nitrogens with two attached hydrogens (primary N) is 1. The highest BCUT2D eigenvalue weighted by Crippen LogP contribution is 2.04. The Labute approximate surface area is 112 Å². The van der Waals surface area contributed by atoms with Gasteiger partial charge >= 0.3 is 0 Å². The average molecular weight is 258 g/mol. The second-order valence-corrected chi connectivity index (χ2v) is 6.18. The van der Waals surface area contributed by atoms with Crippen LogP contribution in [0.1, 0.15) is 27.2 Å². The number of carbonyl (C=O) groups excluding carboxylic acids is 1. The van der Waals surface area contributed by atoms with Crippen LogP contribution in [-0.2, 0) is 4.79 Å². The molecule has 3 N–H and O–H groups in total. The van der Waals surface area contributed by atoms with Gasteiger partial charge in [-0.15, -0.1) is 0 Å². The molecule has 0 fully saturated rings. The van der Waals surface area contributed by atoms with E-state index in [9.17, 15) is 4.79 Å². The Bertz CT molecular complexity index is 248. The van der Waals surface area contributed by atoms with Crippen molar-refractivity contribution >= 4 is 5.91 Å². The molecule has 0 aromatic rings. The van der Waals surface area contributed by atoms with Crippen molar-refractivity contribution in [1.82, 2.24) is 15.1 Å². The summed E-state index contributed by atoms with van der Waals surface area (Å²) in [6, 6.07) is 0.104.